The highest BCUT2D eigenvalue weighted by molar-refractivity contribution is 9.10. The molecule has 0 saturated heterocycles. The van der Waals surface area contributed by atoms with Gasteiger partial charge < -0.3 is 5.32 Å². The molecule has 2 rings (SSSR count). The molecule has 108 valence electrons. The van der Waals surface area contributed by atoms with Crippen LogP contribution in [0.25, 0.3) is 0 Å². The molecule has 1 aliphatic rings. The van der Waals surface area contributed by atoms with Crippen molar-refractivity contribution in [3.05, 3.63) is 19.8 Å². The molecule has 1 aliphatic carbocycles. The maximum absolute atomic E-state index is 6.12. The second-order valence-electron chi connectivity index (χ2n) is 5.65. The molecule has 4 heteroatoms. The molecule has 0 atom stereocenters. The first kappa shape index (κ1) is 15.8. The summed E-state index contributed by atoms with van der Waals surface area (Å²) in [6.07, 6.45) is 9.50. The maximum Gasteiger partial charge on any atom is 0.107 e. The molecular weight excluding hydrogens is 342 g/mol. The number of thiophene rings is 1. The molecule has 0 radical (unpaired) electrons. The van der Waals surface area contributed by atoms with Crippen LogP contribution in [0, 0.1) is 5.41 Å². The minimum Gasteiger partial charge on any atom is -0.317 e. The van der Waals surface area contributed by atoms with Gasteiger partial charge in [-0.2, -0.15) is 0 Å². The SMILES string of the molecule is CCNCCC1(CCc2cc(Br)c(Cl)s2)CCCC1. The fourth-order valence-corrected chi connectivity index (χ4v) is 4.97. The van der Waals surface area contributed by atoms with Crippen LogP contribution in [0.4, 0.5) is 0 Å². The molecule has 1 N–H and O–H groups in total. The van der Waals surface area contributed by atoms with E-state index in [0.29, 0.717) is 5.41 Å². The van der Waals surface area contributed by atoms with Gasteiger partial charge >= 0.3 is 0 Å². The molecule has 0 spiro atoms. The summed E-state index contributed by atoms with van der Waals surface area (Å²) in [7, 11) is 0. The van der Waals surface area contributed by atoms with Crippen molar-refractivity contribution in [2.75, 3.05) is 13.1 Å². The van der Waals surface area contributed by atoms with Gasteiger partial charge in [-0.15, -0.1) is 11.3 Å². The van der Waals surface area contributed by atoms with E-state index in [4.69, 9.17) is 11.6 Å². The minimum atomic E-state index is 0.588. The summed E-state index contributed by atoms with van der Waals surface area (Å²) in [6, 6.07) is 2.19. The van der Waals surface area contributed by atoms with Gasteiger partial charge in [-0.05, 0) is 72.6 Å². The topological polar surface area (TPSA) is 12.0 Å². The van der Waals surface area contributed by atoms with Crippen LogP contribution in [-0.4, -0.2) is 13.1 Å². The van der Waals surface area contributed by atoms with Crippen LogP contribution in [0.15, 0.2) is 10.5 Å². The Morgan fingerprint density at radius 1 is 1.37 bits per heavy atom. The van der Waals surface area contributed by atoms with Gasteiger partial charge in [0.25, 0.3) is 0 Å². The van der Waals surface area contributed by atoms with E-state index in [1.807, 2.05) is 0 Å². The first-order valence-corrected chi connectivity index (χ1v) is 9.28. The van der Waals surface area contributed by atoms with Crippen LogP contribution in [0.2, 0.25) is 4.34 Å². The van der Waals surface area contributed by atoms with Crippen molar-refractivity contribution in [3.8, 4) is 0 Å². The molecule has 0 aromatic carbocycles. The van der Waals surface area contributed by atoms with E-state index in [-0.39, 0.29) is 0 Å². The zero-order valence-corrected chi connectivity index (χ0v) is 14.8. The third kappa shape index (κ3) is 4.45. The molecule has 0 unspecified atom stereocenters. The molecule has 1 fully saturated rings. The fourth-order valence-electron chi connectivity index (χ4n) is 3.18. The molecule has 0 aliphatic heterocycles. The Labute approximate surface area is 134 Å². The van der Waals surface area contributed by atoms with Gasteiger partial charge in [-0.3, -0.25) is 0 Å². The fraction of sp³-hybridized carbons (Fsp3) is 0.733. The molecule has 1 aromatic rings. The summed E-state index contributed by atoms with van der Waals surface area (Å²) >= 11 is 11.4. The summed E-state index contributed by atoms with van der Waals surface area (Å²) in [5, 5.41) is 3.49. The lowest BCUT2D eigenvalue weighted by molar-refractivity contribution is 0.246. The first-order valence-electron chi connectivity index (χ1n) is 7.30. The van der Waals surface area contributed by atoms with Crippen LogP contribution in [0.3, 0.4) is 0 Å². The van der Waals surface area contributed by atoms with Crippen molar-refractivity contribution < 1.29 is 0 Å². The molecule has 0 bridgehead atoms. The summed E-state index contributed by atoms with van der Waals surface area (Å²) in [5.41, 5.74) is 0.588. The van der Waals surface area contributed by atoms with Crippen molar-refractivity contribution in [3.63, 3.8) is 0 Å². The standard InChI is InChI=1S/C15H23BrClNS/c1-2-18-10-9-15(6-3-4-7-15)8-5-12-11-13(16)14(17)19-12/h11,18H,2-10H2,1H3. The summed E-state index contributed by atoms with van der Waals surface area (Å²) < 4.78 is 1.95. The van der Waals surface area contributed by atoms with Crippen LogP contribution >= 0.6 is 38.9 Å². The zero-order chi connectivity index (χ0) is 13.7. The number of rotatable bonds is 7. The maximum atomic E-state index is 6.12. The van der Waals surface area contributed by atoms with E-state index >= 15 is 0 Å². The molecule has 0 amide bonds. The highest BCUT2D eigenvalue weighted by atomic mass is 79.9. The Morgan fingerprint density at radius 2 is 2.11 bits per heavy atom. The average molecular weight is 365 g/mol. The summed E-state index contributed by atoms with van der Waals surface area (Å²) in [6.45, 7) is 4.45. The number of hydrogen-bond acceptors (Lipinski definition) is 2. The Balaban J connectivity index is 1.89. The van der Waals surface area contributed by atoms with Gasteiger partial charge in [0.2, 0.25) is 0 Å². The van der Waals surface area contributed by atoms with Crippen molar-refractivity contribution >= 4 is 38.9 Å². The minimum absolute atomic E-state index is 0.588. The van der Waals surface area contributed by atoms with Crippen molar-refractivity contribution in [1.29, 1.82) is 0 Å². The van der Waals surface area contributed by atoms with E-state index in [2.05, 4.69) is 34.2 Å². The third-order valence-electron chi connectivity index (χ3n) is 4.34. The van der Waals surface area contributed by atoms with E-state index in [1.165, 1.54) is 56.4 Å². The van der Waals surface area contributed by atoms with E-state index in [9.17, 15) is 0 Å². The molecule has 19 heavy (non-hydrogen) atoms. The van der Waals surface area contributed by atoms with Gasteiger partial charge in [0.1, 0.15) is 4.34 Å². The Kier molecular flexibility index (Phi) is 6.19. The van der Waals surface area contributed by atoms with Crippen molar-refractivity contribution in [2.24, 2.45) is 5.41 Å². The third-order valence-corrected chi connectivity index (χ3v) is 6.88. The second kappa shape index (κ2) is 7.44. The number of aryl methyl sites for hydroxylation is 1. The predicted molar refractivity (Wildman–Crippen MR) is 89.4 cm³/mol. The molecular formula is C15H23BrClNS. The quantitative estimate of drug-likeness (QED) is 0.616. The zero-order valence-electron chi connectivity index (χ0n) is 11.6. The lowest BCUT2D eigenvalue weighted by Gasteiger charge is -2.29. The molecule has 1 heterocycles. The van der Waals surface area contributed by atoms with E-state index in [1.54, 1.807) is 11.3 Å². The first-order chi connectivity index (χ1) is 9.15. The lowest BCUT2D eigenvalue weighted by Crippen LogP contribution is -2.25. The van der Waals surface area contributed by atoms with Crippen molar-refractivity contribution in [1.82, 2.24) is 5.32 Å². The number of nitrogens with one attached hydrogen (secondary N) is 1. The van der Waals surface area contributed by atoms with Crippen LogP contribution in [-0.2, 0) is 6.42 Å². The smallest absolute Gasteiger partial charge is 0.107 e. The lowest BCUT2D eigenvalue weighted by atomic mass is 9.78. The number of halogens is 2. The van der Waals surface area contributed by atoms with Crippen LogP contribution in [0.5, 0.6) is 0 Å². The van der Waals surface area contributed by atoms with Gasteiger partial charge in [0.05, 0.1) is 0 Å². The molecule has 1 nitrogen and oxygen atoms in total. The van der Waals surface area contributed by atoms with Gasteiger partial charge in [0.15, 0.2) is 0 Å². The predicted octanol–water partition coefficient (Wildman–Crippen LogP) is 5.66. The highest BCUT2D eigenvalue weighted by Crippen LogP contribution is 2.45. The monoisotopic (exact) mass is 363 g/mol. The van der Waals surface area contributed by atoms with Gasteiger partial charge in [0, 0.05) is 9.35 Å². The molecule has 1 aromatic heterocycles. The highest BCUT2D eigenvalue weighted by Gasteiger charge is 2.32. The largest absolute Gasteiger partial charge is 0.317 e. The second-order valence-corrected chi connectivity index (χ2v) is 8.24. The van der Waals surface area contributed by atoms with Gasteiger partial charge in [-0.1, -0.05) is 31.4 Å². The summed E-state index contributed by atoms with van der Waals surface area (Å²) in [4.78, 5) is 1.42. The molecule has 1 saturated carbocycles. The Bertz CT molecular complexity index is 379. The van der Waals surface area contributed by atoms with Crippen LogP contribution < -0.4 is 5.32 Å². The number of hydrogen-bond donors (Lipinski definition) is 1. The van der Waals surface area contributed by atoms with Crippen molar-refractivity contribution in [2.45, 2.75) is 51.9 Å². The van der Waals surface area contributed by atoms with Crippen LogP contribution in [0.1, 0.15) is 50.3 Å². The normalized spacial score (nSPS) is 18.1. The Hall–Kier alpha value is 0.430. The summed E-state index contributed by atoms with van der Waals surface area (Å²) in [5.74, 6) is 0. The Morgan fingerprint density at radius 3 is 2.68 bits per heavy atom. The van der Waals surface area contributed by atoms with Gasteiger partial charge in [-0.25, -0.2) is 0 Å². The van der Waals surface area contributed by atoms with E-state index in [0.717, 1.165) is 15.4 Å². The average Bonchev–Trinajstić information content (AvgIpc) is 2.97. The van der Waals surface area contributed by atoms with E-state index < -0.39 is 0 Å².